The topological polar surface area (TPSA) is 59.0 Å². The molecule has 78 valence electrons. The van der Waals surface area contributed by atoms with Crippen LogP contribution in [0.2, 0.25) is 0 Å². The second kappa shape index (κ2) is 3.82. The van der Waals surface area contributed by atoms with Gasteiger partial charge in [-0.15, -0.1) is 0 Å². The van der Waals surface area contributed by atoms with Crippen molar-refractivity contribution in [1.29, 1.82) is 5.26 Å². The zero-order valence-corrected chi connectivity index (χ0v) is 8.73. The fraction of sp³-hybridized carbons (Fsp3) is 0.417. The van der Waals surface area contributed by atoms with Crippen LogP contribution in [0.5, 0.6) is 5.75 Å². The van der Waals surface area contributed by atoms with Crippen LogP contribution in [0.4, 0.5) is 5.69 Å². The molecular formula is C12H14N2O. The summed E-state index contributed by atoms with van der Waals surface area (Å²) in [5.74, 6) is 2.02. The number of ether oxygens (including phenoxy) is 1. The van der Waals surface area contributed by atoms with Crippen LogP contribution in [0.3, 0.4) is 0 Å². The molecule has 1 aromatic rings. The normalized spacial score (nSPS) is 23.2. The Hall–Kier alpha value is -1.69. The van der Waals surface area contributed by atoms with Gasteiger partial charge in [-0.25, -0.2) is 0 Å². The van der Waals surface area contributed by atoms with E-state index in [0.717, 1.165) is 5.92 Å². The van der Waals surface area contributed by atoms with Gasteiger partial charge in [-0.2, -0.15) is 5.26 Å². The van der Waals surface area contributed by atoms with E-state index in [1.165, 1.54) is 6.42 Å². The molecule has 0 unspecified atom stereocenters. The Labute approximate surface area is 89.5 Å². The van der Waals surface area contributed by atoms with E-state index in [9.17, 15) is 0 Å². The number of hydrogen-bond acceptors (Lipinski definition) is 3. The van der Waals surface area contributed by atoms with Crippen LogP contribution in [0, 0.1) is 23.2 Å². The van der Waals surface area contributed by atoms with Gasteiger partial charge in [-0.05, 0) is 30.4 Å². The van der Waals surface area contributed by atoms with Crippen molar-refractivity contribution in [2.24, 2.45) is 11.8 Å². The van der Waals surface area contributed by atoms with Crippen molar-refractivity contribution in [2.45, 2.75) is 13.3 Å². The van der Waals surface area contributed by atoms with E-state index >= 15 is 0 Å². The first-order chi connectivity index (χ1) is 7.22. The van der Waals surface area contributed by atoms with Gasteiger partial charge in [0, 0.05) is 0 Å². The van der Waals surface area contributed by atoms with Crippen LogP contribution in [0.1, 0.15) is 18.9 Å². The standard InChI is InChI=1S/C12H14N2O/c1-8-5-9(8)7-15-12-4-2-3-11(14)10(12)6-13/h2-4,8-9H,5,7,14H2,1H3/t8-,9-/m0/s1. The van der Waals surface area contributed by atoms with Crippen molar-refractivity contribution < 1.29 is 4.74 Å². The number of anilines is 1. The van der Waals surface area contributed by atoms with Crippen molar-refractivity contribution in [3.05, 3.63) is 23.8 Å². The maximum Gasteiger partial charge on any atom is 0.139 e. The number of hydrogen-bond donors (Lipinski definition) is 1. The predicted molar refractivity (Wildman–Crippen MR) is 58.3 cm³/mol. The zero-order chi connectivity index (χ0) is 10.8. The van der Waals surface area contributed by atoms with Gasteiger partial charge in [-0.3, -0.25) is 0 Å². The lowest BCUT2D eigenvalue weighted by molar-refractivity contribution is 0.293. The molecule has 1 saturated carbocycles. The van der Waals surface area contributed by atoms with Crippen molar-refractivity contribution in [2.75, 3.05) is 12.3 Å². The molecule has 15 heavy (non-hydrogen) atoms. The fourth-order valence-electron chi connectivity index (χ4n) is 1.62. The molecular weight excluding hydrogens is 188 g/mol. The third kappa shape index (κ3) is 2.04. The molecule has 0 bridgehead atoms. The van der Waals surface area contributed by atoms with E-state index in [1.807, 2.05) is 6.07 Å². The highest BCUT2D eigenvalue weighted by atomic mass is 16.5. The predicted octanol–water partition coefficient (Wildman–Crippen LogP) is 2.18. The number of nitrogens with zero attached hydrogens (tertiary/aromatic N) is 1. The summed E-state index contributed by atoms with van der Waals surface area (Å²) in [7, 11) is 0. The van der Waals surface area contributed by atoms with Gasteiger partial charge in [0.05, 0.1) is 12.3 Å². The summed E-state index contributed by atoms with van der Waals surface area (Å²) in [6.07, 6.45) is 1.23. The Morgan fingerprint density at radius 2 is 2.33 bits per heavy atom. The van der Waals surface area contributed by atoms with Crippen molar-refractivity contribution in [3.8, 4) is 11.8 Å². The molecule has 0 amide bonds. The average Bonchev–Trinajstić information content (AvgIpc) is 2.92. The minimum absolute atomic E-state index is 0.450. The number of nitrogens with two attached hydrogens (primary N) is 1. The molecule has 0 aromatic heterocycles. The van der Waals surface area contributed by atoms with Crippen molar-refractivity contribution >= 4 is 5.69 Å². The number of nitriles is 1. The Kier molecular flexibility index (Phi) is 2.51. The monoisotopic (exact) mass is 202 g/mol. The van der Waals surface area contributed by atoms with E-state index < -0.39 is 0 Å². The second-order valence-electron chi connectivity index (χ2n) is 4.12. The summed E-state index contributed by atoms with van der Waals surface area (Å²) in [4.78, 5) is 0. The van der Waals surface area contributed by atoms with E-state index in [1.54, 1.807) is 12.1 Å². The summed E-state index contributed by atoms with van der Waals surface area (Å²) in [5.41, 5.74) is 6.61. The maximum atomic E-state index is 8.92. The number of benzene rings is 1. The van der Waals surface area contributed by atoms with Gasteiger partial charge in [-0.1, -0.05) is 13.0 Å². The van der Waals surface area contributed by atoms with Crippen LogP contribution in [-0.2, 0) is 0 Å². The van der Waals surface area contributed by atoms with Gasteiger partial charge in [0.1, 0.15) is 17.4 Å². The fourth-order valence-corrected chi connectivity index (χ4v) is 1.62. The highest BCUT2D eigenvalue weighted by Crippen LogP contribution is 2.38. The van der Waals surface area contributed by atoms with E-state index in [-0.39, 0.29) is 0 Å². The summed E-state index contributed by atoms with van der Waals surface area (Å²) in [6.45, 7) is 2.90. The smallest absolute Gasteiger partial charge is 0.139 e. The molecule has 3 heteroatoms. The zero-order valence-electron chi connectivity index (χ0n) is 8.73. The van der Waals surface area contributed by atoms with Gasteiger partial charge in [0.15, 0.2) is 0 Å². The van der Waals surface area contributed by atoms with Crippen LogP contribution in [-0.4, -0.2) is 6.61 Å². The summed E-state index contributed by atoms with van der Waals surface area (Å²) in [5, 5.41) is 8.92. The molecule has 2 atom stereocenters. The molecule has 1 aliphatic rings. The molecule has 0 aliphatic heterocycles. The lowest BCUT2D eigenvalue weighted by atomic mass is 10.2. The van der Waals surface area contributed by atoms with E-state index in [0.29, 0.717) is 29.5 Å². The number of nitrogen functional groups attached to an aromatic ring is 1. The highest BCUT2D eigenvalue weighted by Gasteiger charge is 2.33. The lowest BCUT2D eigenvalue weighted by Crippen LogP contribution is -2.03. The molecule has 0 saturated heterocycles. The van der Waals surface area contributed by atoms with Crippen LogP contribution < -0.4 is 10.5 Å². The molecule has 3 nitrogen and oxygen atoms in total. The van der Waals surface area contributed by atoms with E-state index in [4.69, 9.17) is 15.7 Å². The van der Waals surface area contributed by atoms with Crippen LogP contribution in [0.25, 0.3) is 0 Å². The Morgan fingerprint density at radius 3 is 2.93 bits per heavy atom. The number of rotatable bonds is 3. The van der Waals surface area contributed by atoms with Gasteiger partial charge in [0.2, 0.25) is 0 Å². The Morgan fingerprint density at radius 1 is 1.60 bits per heavy atom. The summed E-state index contributed by atoms with van der Waals surface area (Å²) in [6, 6.07) is 7.38. The molecule has 0 heterocycles. The lowest BCUT2D eigenvalue weighted by Gasteiger charge is -2.08. The molecule has 1 aromatic carbocycles. The first-order valence-electron chi connectivity index (χ1n) is 5.13. The highest BCUT2D eigenvalue weighted by molar-refractivity contribution is 5.60. The van der Waals surface area contributed by atoms with Gasteiger partial charge < -0.3 is 10.5 Å². The van der Waals surface area contributed by atoms with Gasteiger partial charge >= 0.3 is 0 Å². The minimum Gasteiger partial charge on any atom is -0.492 e. The molecule has 1 fully saturated rings. The molecule has 2 rings (SSSR count). The summed E-state index contributed by atoms with van der Waals surface area (Å²) >= 11 is 0. The largest absolute Gasteiger partial charge is 0.492 e. The van der Waals surface area contributed by atoms with Crippen molar-refractivity contribution in [1.82, 2.24) is 0 Å². The first-order valence-corrected chi connectivity index (χ1v) is 5.13. The third-order valence-corrected chi connectivity index (χ3v) is 2.90. The molecule has 0 radical (unpaired) electrons. The molecule has 1 aliphatic carbocycles. The summed E-state index contributed by atoms with van der Waals surface area (Å²) < 4.78 is 5.60. The third-order valence-electron chi connectivity index (χ3n) is 2.90. The Balaban J connectivity index is 2.07. The first kappa shape index (κ1) is 9.85. The molecule has 0 spiro atoms. The van der Waals surface area contributed by atoms with Crippen LogP contribution >= 0.6 is 0 Å². The molecule has 2 N–H and O–H groups in total. The quantitative estimate of drug-likeness (QED) is 0.764. The second-order valence-corrected chi connectivity index (χ2v) is 4.12. The Bertz CT molecular complexity index is 409. The minimum atomic E-state index is 0.450. The average molecular weight is 202 g/mol. The van der Waals surface area contributed by atoms with Crippen molar-refractivity contribution in [3.63, 3.8) is 0 Å². The van der Waals surface area contributed by atoms with Crippen LogP contribution in [0.15, 0.2) is 18.2 Å². The SMILES string of the molecule is C[C@H]1C[C@H]1COc1cccc(N)c1C#N. The van der Waals surface area contributed by atoms with E-state index in [2.05, 4.69) is 13.0 Å². The maximum absolute atomic E-state index is 8.92. The van der Waals surface area contributed by atoms with Gasteiger partial charge in [0.25, 0.3) is 0 Å².